The van der Waals surface area contributed by atoms with Gasteiger partial charge < -0.3 is 0 Å². The topological polar surface area (TPSA) is 3.24 Å². The summed E-state index contributed by atoms with van der Waals surface area (Å²) in [4.78, 5) is 1.87. The van der Waals surface area contributed by atoms with Crippen molar-refractivity contribution in [3.05, 3.63) is 23.8 Å². The molecule has 0 fully saturated rings. The van der Waals surface area contributed by atoms with Crippen LogP contribution in [0.25, 0.3) is 0 Å². The molecule has 0 radical (unpaired) electrons. The standard InChI is InChI=1S/C14H20FN/c1-4-10-16(3)12(2)14(15)11-13-8-6-5-7-9-13/h1,6,8-9,12,14H,5,7,10-11H2,2-3H3. The van der Waals surface area contributed by atoms with Crippen LogP contribution in [0.5, 0.6) is 0 Å². The average molecular weight is 221 g/mol. The van der Waals surface area contributed by atoms with Crippen LogP contribution in [0.1, 0.15) is 26.2 Å². The second-order valence-electron chi connectivity index (χ2n) is 4.34. The Labute approximate surface area is 98.0 Å². The Bertz CT molecular complexity index is 311. The van der Waals surface area contributed by atoms with Crippen LogP contribution in [0.3, 0.4) is 0 Å². The molecule has 0 aliphatic heterocycles. The summed E-state index contributed by atoms with van der Waals surface area (Å²) in [5.41, 5.74) is 1.11. The molecule has 0 N–H and O–H groups in total. The van der Waals surface area contributed by atoms with Gasteiger partial charge in [-0.15, -0.1) is 6.42 Å². The zero-order valence-corrected chi connectivity index (χ0v) is 10.1. The van der Waals surface area contributed by atoms with Crippen molar-refractivity contribution in [3.63, 3.8) is 0 Å². The number of terminal acetylenes is 1. The van der Waals surface area contributed by atoms with Crippen molar-refractivity contribution in [2.45, 2.75) is 38.4 Å². The molecule has 0 saturated carbocycles. The zero-order chi connectivity index (χ0) is 12.0. The fourth-order valence-corrected chi connectivity index (χ4v) is 1.78. The first-order valence-electron chi connectivity index (χ1n) is 5.78. The molecule has 1 aliphatic carbocycles. The maximum atomic E-state index is 14.0. The van der Waals surface area contributed by atoms with E-state index in [9.17, 15) is 4.39 Å². The van der Waals surface area contributed by atoms with Gasteiger partial charge >= 0.3 is 0 Å². The molecule has 16 heavy (non-hydrogen) atoms. The number of allylic oxidation sites excluding steroid dienone is 4. The Morgan fingerprint density at radius 3 is 2.88 bits per heavy atom. The van der Waals surface area contributed by atoms with Crippen molar-refractivity contribution in [2.24, 2.45) is 0 Å². The van der Waals surface area contributed by atoms with Crippen LogP contribution in [0.15, 0.2) is 23.8 Å². The molecular weight excluding hydrogens is 201 g/mol. The summed E-state index contributed by atoms with van der Waals surface area (Å²) in [5.74, 6) is 2.54. The van der Waals surface area contributed by atoms with E-state index in [2.05, 4.69) is 18.1 Å². The monoisotopic (exact) mass is 221 g/mol. The Kier molecular flexibility index (Phi) is 5.28. The Balaban J connectivity index is 2.45. The summed E-state index contributed by atoms with van der Waals surface area (Å²) in [6.07, 6.45) is 13.2. The number of halogens is 1. The number of hydrogen-bond donors (Lipinski definition) is 0. The fraction of sp³-hybridized carbons (Fsp3) is 0.571. The lowest BCUT2D eigenvalue weighted by Crippen LogP contribution is -2.37. The van der Waals surface area contributed by atoms with Crippen molar-refractivity contribution in [1.82, 2.24) is 4.90 Å². The van der Waals surface area contributed by atoms with Crippen molar-refractivity contribution in [3.8, 4) is 12.3 Å². The van der Waals surface area contributed by atoms with Crippen LogP contribution in [-0.4, -0.2) is 30.7 Å². The predicted octanol–water partition coefficient (Wildman–Crippen LogP) is 2.94. The molecule has 2 unspecified atom stereocenters. The lowest BCUT2D eigenvalue weighted by atomic mass is 9.99. The van der Waals surface area contributed by atoms with Crippen LogP contribution in [0, 0.1) is 12.3 Å². The Morgan fingerprint density at radius 1 is 1.56 bits per heavy atom. The van der Waals surface area contributed by atoms with Crippen LogP contribution in [-0.2, 0) is 0 Å². The average Bonchev–Trinajstić information content (AvgIpc) is 2.29. The van der Waals surface area contributed by atoms with E-state index in [0.717, 1.165) is 18.4 Å². The van der Waals surface area contributed by atoms with Gasteiger partial charge in [-0.3, -0.25) is 4.90 Å². The third-order valence-electron chi connectivity index (χ3n) is 3.06. The molecule has 0 aromatic heterocycles. The molecule has 0 saturated heterocycles. The SMILES string of the molecule is C#CCN(C)C(C)C(F)CC1=CCCC=C1. The van der Waals surface area contributed by atoms with Crippen LogP contribution in [0.2, 0.25) is 0 Å². The maximum Gasteiger partial charge on any atom is 0.119 e. The second-order valence-corrected chi connectivity index (χ2v) is 4.34. The van der Waals surface area contributed by atoms with Gasteiger partial charge in [0.1, 0.15) is 6.17 Å². The normalized spacial score (nSPS) is 19.1. The highest BCUT2D eigenvalue weighted by atomic mass is 19.1. The molecule has 0 heterocycles. The molecule has 0 aromatic rings. The molecular formula is C14H20FN. The molecule has 1 aliphatic rings. The number of hydrogen-bond acceptors (Lipinski definition) is 1. The van der Waals surface area contributed by atoms with Gasteiger partial charge in [0.05, 0.1) is 6.54 Å². The predicted molar refractivity (Wildman–Crippen MR) is 66.9 cm³/mol. The summed E-state index contributed by atoms with van der Waals surface area (Å²) in [6, 6.07) is -0.132. The molecule has 2 heteroatoms. The summed E-state index contributed by atoms with van der Waals surface area (Å²) < 4.78 is 14.0. The highest BCUT2D eigenvalue weighted by Gasteiger charge is 2.20. The fourth-order valence-electron chi connectivity index (χ4n) is 1.78. The van der Waals surface area contributed by atoms with Crippen LogP contribution in [0.4, 0.5) is 4.39 Å². The Morgan fingerprint density at radius 2 is 2.31 bits per heavy atom. The maximum absolute atomic E-state index is 14.0. The van der Waals surface area contributed by atoms with E-state index in [4.69, 9.17) is 6.42 Å². The first-order chi connectivity index (χ1) is 7.65. The lowest BCUT2D eigenvalue weighted by Gasteiger charge is -2.26. The van der Waals surface area contributed by atoms with Gasteiger partial charge in [0.2, 0.25) is 0 Å². The first-order valence-corrected chi connectivity index (χ1v) is 5.78. The largest absolute Gasteiger partial charge is 0.290 e. The number of alkyl halides is 1. The van der Waals surface area contributed by atoms with Gasteiger partial charge in [0.15, 0.2) is 0 Å². The molecule has 2 atom stereocenters. The quantitative estimate of drug-likeness (QED) is 0.645. The van der Waals surface area contributed by atoms with Gasteiger partial charge in [-0.25, -0.2) is 4.39 Å². The Hall–Kier alpha value is -1.07. The smallest absolute Gasteiger partial charge is 0.119 e. The van der Waals surface area contributed by atoms with E-state index in [0.29, 0.717) is 13.0 Å². The lowest BCUT2D eigenvalue weighted by molar-refractivity contribution is 0.161. The second kappa shape index (κ2) is 6.50. The van der Waals surface area contributed by atoms with Crippen LogP contribution >= 0.6 is 0 Å². The van der Waals surface area contributed by atoms with Gasteiger partial charge in [-0.1, -0.05) is 24.1 Å². The number of nitrogens with zero attached hydrogens (tertiary/aromatic N) is 1. The molecule has 1 nitrogen and oxygen atoms in total. The molecule has 0 aromatic carbocycles. The third-order valence-corrected chi connectivity index (χ3v) is 3.06. The molecule has 0 amide bonds. The summed E-state index contributed by atoms with van der Waals surface area (Å²) in [5, 5.41) is 0. The van der Waals surface area contributed by atoms with E-state index in [1.165, 1.54) is 0 Å². The minimum Gasteiger partial charge on any atom is -0.290 e. The van der Waals surface area contributed by atoms with E-state index < -0.39 is 6.17 Å². The van der Waals surface area contributed by atoms with E-state index in [1.54, 1.807) is 0 Å². The van der Waals surface area contributed by atoms with Gasteiger partial charge in [-0.05, 0) is 32.4 Å². The molecule has 88 valence electrons. The minimum atomic E-state index is -0.854. The van der Waals surface area contributed by atoms with Crippen LogP contribution < -0.4 is 0 Å². The highest BCUT2D eigenvalue weighted by Crippen LogP contribution is 2.19. The van der Waals surface area contributed by atoms with Gasteiger partial charge in [0.25, 0.3) is 0 Å². The summed E-state index contributed by atoms with van der Waals surface area (Å²) in [6.45, 7) is 2.38. The van der Waals surface area contributed by atoms with E-state index in [-0.39, 0.29) is 6.04 Å². The van der Waals surface area contributed by atoms with Crippen molar-refractivity contribution in [2.75, 3.05) is 13.6 Å². The summed E-state index contributed by atoms with van der Waals surface area (Å²) >= 11 is 0. The van der Waals surface area contributed by atoms with Crippen molar-refractivity contribution < 1.29 is 4.39 Å². The number of rotatable bonds is 5. The van der Waals surface area contributed by atoms with E-state index in [1.807, 2.05) is 24.9 Å². The molecule has 0 bridgehead atoms. The van der Waals surface area contributed by atoms with E-state index >= 15 is 0 Å². The summed E-state index contributed by atoms with van der Waals surface area (Å²) in [7, 11) is 1.86. The zero-order valence-electron chi connectivity index (χ0n) is 10.1. The third kappa shape index (κ3) is 3.83. The van der Waals surface area contributed by atoms with Crippen molar-refractivity contribution in [1.29, 1.82) is 0 Å². The van der Waals surface area contributed by atoms with Crippen molar-refractivity contribution >= 4 is 0 Å². The molecule has 0 spiro atoms. The molecule has 1 rings (SSSR count). The minimum absolute atomic E-state index is 0.132. The first kappa shape index (κ1) is 13.0. The van der Waals surface area contributed by atoms with Gasteiger partial charge in [-0.2, -0.15) is 0 Å². The van der Waals surface area contributed by atoms with Gasteiger partial charge in [0, 0.05) is 12.5 Å². The highest BCUT2D eigenvalue weighted by molar-refractivity contribution is 5.23.